The summed E-state index contributed by atoms with van der Waals surface area (Å²) in [6, 6.07) is 13.8. The maximum absolute atomic E-state index is 13.1. The van der Waals surface area contributed by atoms with Gasteiger partial charge < -0.3 is 10.6 Å². The van der Waals surface area contributed by atoms with Crippen molar-refractivity contribution in [3.63, 3.8) is 0 Å². The van der Waals surface area contributed by atoms with E-state index in [0.717, 1.165) is 23.3 Å². The molecule has 0 fully saturated rings. The number of hydrogen-bond acceptors (Lipinski definition) is 5. The number of fused-ring (bicyclic) bond motifs is 1. The van der Waals surface area contributed by atoms with E-state index in [4.69, 9.17) is 0 Å². The third-order valence-electron chi connectivity index (χ3n) is 5.03. The number of sulfonamides is 1. The first-order chi connectivity index (χ1) is 15.3. The van der Waals surface area contributed by atoms with Crippen LogP contribution in [0.5, 0.6) is 0 Å². The van der Waals surface area contributed by atoms with Crippen LogP contribution in [-0.2, 0) is 32.6 Å². The number of thiophene rings is 1. The molecule has 2 N–H and O–H groups in total. The molecule has 7 nitrogen and oxygen atoms in total. The van der Waals surface area contributed by atoms with Gasteiger partial charge in [0.1, 0.15) is 10.0 Å². The highest BCUT2D eigenvalue weighted by Crippen LogP contribution is 2.35. The molecule has 32 heavy (non-hydrogen) atoms. The number of carbonyl (C=O) groups is 2. The number of hydrogen-bond donors (Lipinski definition) is 2. The van der Waals surface area contributed by atoms with E-state index >= 15 is 0 Å². The fourth-order valence-corrected chi connectivity index (χ4v) is 6.08. The van der Waals surface area contributed by atoms with Crippen molar-refractivity contribution in [3.05, 3.63) is 76.9 Å². The molecule has 0 bridgehead atoms. The topological polar surface area (TPSA) is 95.6 Å². The Balaban J connectivity index is 1.47. The number of halogens is 1. The van der Waals surface area contributed by atoms with Crippen LogP contribution in [0, 0.1) is 5.82 Å². The monoisotopic (exact) mass is 473 g/mol. The lowest BCUT2D eigenvalue weighted by Crippen LogP contribution is -2.36. The minimum absolute atomic E-state index is 0.0730. The first-order valence-electron chi connectivity index (χ1n) is 9.87. The molecule has 2 amide bonds. The molecular weight excluding hydrogens is 453 g/mol. The van der Waals surface area contributed by atoms with E-state index in [1.807, 2.05) is 0 Å². The molecule has 166 valence electrons. The highest BCUT2D eigenvalue weighted by Gasteiger charge is 2.30. The zero-order valence-corrected chi connectivity index (χ0v) is 18.5. The summed E-state index contributed by atoms with van der Waals surface area (Å²) >= 11 is 1.15. The average molecular weight is 474 g/mol. The number of benzene rings is 2. The van der Waals surface area contributed by atoms with Crippen molar-refractivity contribution in [2.75, 3.05) is 16.2 Å². The number of anilines is 2. The molecule has 1 aromatic heterocycles. The smallest absolute Gasteiger partial charge is 0.313 e. The molecule has 0 radical (unpaired) electrons. The lowest BCUT2D eigenvalue weighted by Gasteiger charge is -2.30. The van der Waals surface area contributed by atoms with Gasteiger partial charge in [0, 0.05) is 18.8 Å². The quantitative estimate of drug-likeness (QED) is 0.556. The molecule has 0 atom stereocenters. The Kier molecular flexibility index (Phi) is 6.24. The van der Waals surface area contributed by atoms with Crippen LogP contribution in [0.1, 0.15) is 17.5 Å². The fourth-order valence-electron chi connectivity index (χ4n) is 3.44. The number of amides is 2. The van der Waals surface area contributed by atoms with Crippen molar-refractivity contribution in [1.82, 2.24) is 5.32 Å². The fraction of sp³-hybridized carbons (Fsp3) is 0.182. The van der Waals surface area contributed by atoms with E-state index < -0.39 is 21.8 Å². The van der Waals surface area contributed by atoms with E-state index in [1.54, 1.807) is 35.7 Å². The number of carbonyl (C=O) groups excluding carboxylic acids is 2. The minimum atomic E-state index is -3.70. The highest BCUT2D eigenvalue weighted by molar-refractivity contribution is 7.94. The molecule has 0 unspecified atom stereocenters. The molecule has 1 aliphatic rings. The van der Waals surface area contributed by atoms with Gasteiger partial charge in [-0.1, -0.05) is 24.3 Å². The van der Waals surface area contributed by atoms with Gasteiger partial charge in [0.05, 0.1) is 5.69 Å². The lowest BCUT2D eigenvalue weighted by atomic mass is 10.0. The predicted molar refractivity (Wildman–Crippen MR) is 120 cm³/mol. The second-order valence-corrected chi connectivity index (χ2v) is 10.3. The van der Waals surface area contributed by atoms with Crippen LogP contribution in [0.25, 0.3) is 0 Å². The number of nitrogens with zero attached hydrogens (tertiary/aromatic N) is 1. The molecule has 0 saturated carbocycles. The SMILES string of the molecule is O=C(NCc1ccc(F)cc1)C(=O)Nc1ccc2c(c1)N(S(=O)(=O)c1cccs1)CCC2. The van der Waals surface area contributed by atoms with Crippen LogP contribution in [0.2, 0.25) is 0 Å². The van der Waals surface area contributed by atoms with E-state index in [9.17, 15) is 22.4 Å². The van der Waals surface area contributed by atoms with Gasteiger partial charge in [0.25, 0.3) is 10.0 Å². The lowest BCUT2D eigenvalue weighted by molar-refractivity contribution is -0.136. The molecule has 0 aliphatic carbocycles. The Hall–Kier alpha value is -3.24. The Labute approximate surface area is 188 Å². The molecular formula is C22H20FN3O4S2. The van der Waals surface area contributed by atoms with E-state index in [2.05, 4.69) is 10.6 Å². The van der Waals surface area contributed by atoms with Gasteiger partial charge in [-0.3, -0.25) is 13.9 Å². The largest absolute Gasteiger partial charge is 0.344 e. The third-order valence-corrected chi connectivity index (χ3v) is 8.22. The number of nitrogens with one attached hydrogen (secondary N) is 2. The van der Waals surface area contributed by atoms with Crippen molar-refractivity contribution >= 4 is 44.5 Å². The Morgan fingerprint density at radius 2 is 1.84 bits per heavy atom. The highest BCUT2D eigenvalue weighted by atomic mass is 32.2. The first kappa shape index (κ1) is 22.0. The Bertz CT molecular complexity index is 1240. The molecule has 2 aromatic carbocycles. The molecule has 2 heterocycles. The second-order valence-electron chi connectivity index (χ2n) is 7.22. The summed E-state index contributed by atoms with van der Waals surface area (Å²) in [5, 5.41) is 6.70. The van der Waals surface area contributed by atoms with E-state index in [0.29, 0.717) is 29.9 Å². The van der Waals surface area contributed by atoms with Gasteiger partial charge >= 0.3 is 11.8 Å². The second kappa shape index (κ2) is 9.09. The Morgan fingerprint density at radius 1 is 1.06 bits per heavy atom. The van der Waals surface area contributed by atoms with Crippen molar-refractivity contribution in [2.24, 2.45) is 0 Å². The molecule has 3 aromatic rings. The van der Waals surface area contributed by atoms with Crippen LogP contribution in [-0.4, -0.2) is 26.8 Å². The van der Waals surface area contributed by atoms with Crippen molar-refractivity contribution in [3.8, 4) is 0 Å². The predicted octanol–water partition coefficient (Wildman–Crippen LogP) is 3.28. The molecule has 10 heteroatoms. The third kappa shape index (κ3) is 4.66. The van der Waals surface area contributed by atoms with Crippen molar-refractivity contribution in [2.45, 2.75) is 23.6 Å². The zero-order chi connectivity index (χ0) is 22.7. The molecule has 1 aliphatic heterocycles. The summed E-state index contributed by atoms with van der Waals surface area (Å²) in [7, 11) is -3.70. The maximum Gasteiger partial charge on any atom is 0.313 e. The first-order valence-corrected chi connectivity index (χ1v) is 12.2. The number of aryl methyl sites for hydroxylation is 1. The van der Waals surface area contributed by atoms with Crippen molar-refractivity contribution in [1.29, 1.82) is 0 Å². The summed E-state index contributed by atoms with van der Waals surface area (Å²) in [6.45, 7) is 0.409. The van der Waals surface area contributed by atoms with Gasteiger partial charge in [-0.25, -0.2) is 12.8 Å². The summed E-state index contributed by atoms with van der Waals surface area (Å²) in [6.07, 6.45) is 1.41. The van der Waals surface area contributed by atoms with E-state index in [1.165, 1.54) is 28.6 Å². The van der Waals surface area contributed by atoms with E-state index in [-0.39, 0.29) is 16.6 Å². The van der Waals surface area contributed by atoms with Gasteiger partial charge in [-0.05, 0) is 59.7 Å². The van der Waals surface area contributed by atoms with Crippen LogP contribution in [0.4, 0.5) is 15.8 Å². The molecule has 4 rings (SSSR count). The molecule has 0 spiro atoms. The average Bonchev–Trinajstić information content (AvgIpc) is 3.34. The minimum Gasteiger partial charge on any atom is -0.344 e. The van der Waals surface area contributed by atoms with Crippen LogP contribution < -0.4 is 14.9 Å². The summed E-state index contributed by atoms with van der Waals surface area (Å²) in [5.41, 5.74) is 2.32. The molecule has 0 saturated heterocycles. The van der Waals surface area contributed by atoms with Gasteiger partial charge in [-0.15, -0.1) is 11.3 Å². The summed E-state index contributed by atoms with van der Waals surface area (Å²) in [4.78, 5) is 24.5. The van der Waals surface area contributed by atoms with Gasteiger partial charge in [0.15, 0.2) is 0 Å². The summed E-state index contributed by atoms with van der Waals surface area (Å²) in [5.74, 6) is -2.12. The maximum atomic E-state index is 13.1. The van der Waals surface area contributed by atoms with Crippen LogP contribution in [0.15, 0.2) is 64.2 Å². The normalized spacial score (nSPS) is 13.3. The number of rotatable bonds is 5. The zero-order valence-electron chi connectivity index (χ0n) is 16.9. The summed E-state index contributed by atoms with van der Waals surface area (Å²) < 4.78 is 40.7. The van der Waals surface area contributed by atoms with Gasteiger partial charge in [0.2, 0.25) is 0 Å². The Morgan fingerprint density at radius 3 is 2.56 bits per heavy atom. The van der Waals surface area contributed by atoms with Crippen LogP contribution in [0.3, 0.4) is 0 Å². The van der Waals surface area contributed by atoms with Crippen molar-refractivity contribution < 1.29 is 22.4 Å². The van der Waals surface area contributed by atoms with Crippen LogP contribution >= 0.6 is 11.3 Å². The van der Waals surface area contributed by atoms with Gasteiger partial charge in [-0.2, -0.15) is 0 Å². The standard InChI is InChI=1S/C22H20FN3O4S2/c23-17-8-5-15(6-9-17)14-24-21(27)22(28)25-18-10-7-16-3-1-11-26(19(16)13-18)32(29,30)20-4-2-12-31-20/h2,4-10,12-13H,1,3,11,14H2,(H,24,27)(H,25,28).